The number of carbonyl (C=O) groups is 1. The largest absolute Gasteiger partial charge is 0.481 e. The van der Waals surface area contributed by atoms with Crippen molar-refractivity contribution >= 4 is 11.7 Å². The van der Waals surface area contributed by atoms with Crippen LogP contribution in [-0.2, 0) is 4.79 Å². The molecular formula is C20H24N4O3. The van der Waals surface area contributed by atoms with Gasteiger partial charge in [0, 0.05) is 17.2 Å². The first-order valence-electron chi connectivity index (χ1n) is 9.23. The lowest BCUT2D eigenvalue weighted by Crippen LogP contribution is -2.45. The molecule has 0 saturated heterocycles. The van der Waals surface area contributed by atoms with Gasteiger partial charge in [-0.15, -0.1) is 0 Å². The number of fused-ring (bicyclic) bond motifs is 3. The van der Waals surface area contributed by atoms with E-state index in [0.29, 0.717) is 17.9 Å². The predicted octanol–water partition coefficient (Wildman–Crippen LogP) is 3.06. The fourth-order valence-electron chi connectivity index (χ4n) is 4.62. The van der Waals surface area contributed by atoms with Gasteiger partial charge in [-0.1, -0.05) is 26.0 Å². The van der Waals surface area contributed by atoms with Gasteiger partial charge in [-0.3, -0.25) is 9.59 Å². The zero-order valence-corrected chi connectivity index (χ0v) is 16.0. The Kier molecular flexibility index (Phi) is 3.70. The number of anilines is 1. The lowest BCUT2D eigenvalue weighted by molar-refractivity contribution is -0.154. The number of para-hydroxylation sites is 1. The average molecular weight is 368 g/mol. The SMILES string of the molecule is Cc1nn2c(nc1=O)-c1ccccc1N[C@@H]2[C@@H]1CC[C@](C)(C(=O)O)C1(C)C. The van der Waals surface area contributed by atoms with E-state index in [1.165, 1.54) is 0 Å². The van der Waals surface area contributed by atoms with Gasteiger partial charge < -0.3 is 10.4 Å². The molecule has 3 atom stereocenters. The standard InChI is InChI=1S/C20H24N4O3/c1-11-17(25)22-15-12-7-5-6-8-14(12)21-16(24(15)23-11)13-9-10-20(4,18(26)27)19(13,2)3/h5-8,13,16,21H,9-10H2,1-4H3,(H,26,27)/t13-,16-,20+/m0/s1. The van der Waals surface area contributed by atoms with Crippen LogP contribution in [0.1, 0.15) is 45.5 Å². The van der Waals surface area contributed by atoms with Gasteiger partial charge in [-0.2, -0.15) is 10.1 Å². The van der Waals surface area contributed by atoms with E-state index in [0.717, 1.165) is 17.7 Å². The molecule has 142 valence electrons. The topological polar surface area (TPSA) is 97.1 Å². The average Bonchev–Trinajstić information content (AvgIpc) is 2.86. The van der Waals surface area contributed by atoms with Crippen LogP contribution in [0.3, 0.4) is 0 Å². The van der Waals surface area contributed by atoms with Gasteiger partial charge in [0.25, 0.3) is 5.56 Å². The maximum absolute atomic E-state index is 12.2. The Morgan fingerprint density at radius 3 is 2.67 bits per heavy atom. The predicted molar refractivity (Wildman–Crippen MR) is 101 cm³/mol. The van der Waals surface area contributed by atoms with E-state index in [1.54, 1.807) is 11.6 Å². The second-order valence-corrected chi connectivity index (χ2v) is 8.41. The molecule has 27 heavy (non-hydrogen) atoms. The molecule has 0 amide bonds. The Hall–Kier alpha value is -2.70. The molecule has 4 rings (SSSR count). The van der Waals surface area contributed by atoms with Crippen molar-refractivity contribution in [2.24, 2.45) is 16.7 Å². The Bertz CT molecular complexity index is 997. The van der Waals surface area contributed by atoms with Gasteiger partial charge >= 0.3 is 5.97 Å². The Balaban J connectivity index is 1.88. The van der Waals surface area contributed by atoms with Crippen LogP contribution in [0.5, 0.6) is 0 Å². The second-order valence-electron chi connectivity index (χ2n) is 8.41. The number of hydrogen-bond acceptors (Lipinski definition) is 5. The number of aryl methyl sites for hydroxylation is 1. The van der Waals surface area contributed by atoms with Crippen molar-refractivity contribution in [3.63, 3.8) is 0 Å². The summed E-state index contributed by atoms with van der Waals surface area (Å²) in [6.45, 7) is 7.52. The van der Waals surface area contributed by atoms with Gasteiger partial charge in [-0.05, 0) is 44.2 Å². The molecule has 7 heteroatoms. The number of nitrogens with zero attached hydrogens (tertiary/aromatic N) is 3. The van der Waals surface area contributed by atoms with E-state index in [9.17, 15) is 14.7 Å². The molecular weight excluding hydrogens is 344 g/mol. The third-order valence-corrected chi connectivity index (χ3v) is 6.88. The number of carboxylic acid groups (broad SMARTS) is 1. The molecule has 0 spiro atoms. The van der Waals surface area contributed by atoms with Crippen LogP contribution in [0.2, 0.25) is 0 Å². The van der Waals surface area contributed by atoms with Gasteiger partial charge in [-0.25, -0.2) is 4.68 Å². The quantitative estimate of drug-likeness (QED) is 0.845. The summed E-state index contributed by atoms with van der Waals surface area (Å²) in [5.74, 6) is -0.222. The van der Waals surface area contributed by atoms with Crippen molar-refractivity contribution in [2.75, 3.05) is 5.32 Å². The van der Waals surface area contributed by atoms with Crippen molar-refractivity contribution in [2.45, 2.75) is 46.7 Å². The molecule has 2 aliphatic rings. The molecule has 2 N–H and O–H groups in total. The first kappa shape index (κ1) is 17.7. The third-order valence-electron chi connectivity index (χ3n) is 6.88. The van der Waals surface area contributed by atoms with Crippen LogP contribution < -0.4 is 10.9 Å². The second kappa shape index (κ2) is 5.65. The van der Waals surface area contributed by atoms with Crippen LogP contribution in [0.25, 0.3) is 11.4 Å². The summed E-state index contributed by atoms with van der Waals surface area (Å²) >= 11 is 0. The summed E-state index contributed by atoms with van der Waals surface area (Å²) in [5.41, 5.74) is 0.422. The minimum atomic E-state index is -0.821. The minimum absolute atomic E-state index is 0.0157. The lowest BCUT2D eigenvalue weighted by Gasteiger charge is -2.43. The molecule has 1 aromatic carbocycles. The first-order valence-corrected chi connectivity index (χ1v) is 9.23. The lowest BCUT2D eigenvalue weighted by atomic mass is 9.65. The van der Waals surface area contributed by atoms with E-state index in [-0.39, 0.29) is 17.6 Å². The summed E-state index contributed by atoms with van der Waals surface area (Å²) in [7, 11) is 0. The molecule has 1 aliphatic carbocycles. The van der Waals surface area contributed by atoms with Gasteiger partial charge in [0.05, 0.1) is 5.41 Å². The Labute approximate surface area is 157 Å². The number of nitrogens with one attached hydrogen (secondary N) is 1. The molecule has 1 aliphatic heterocycles. The third kappa shape index (κ3) is 2.33. The summed E-state index contributed by atoms with van der Waals surface area (Å²) in [4.78, 5) is 28.5. The number of hydrogen-bond donors (Lipinski definition) is 2. The van der Waals surface area contributed by atoms with E-state index < -0.39 is 16.8 Å². The zero-order chi connectivity index (χ0) is 19.6. The first-order chi connectivity index (χ1) is 12.7. The van der Waals surface area contributed by atoms with Gasteiger partial charge in [0.15, 0.2) is 5.82 Å². The molecule has 1 fully saturated rings. The molecule has 0 bridgehead atoms. The number of carboxylic acids is 1. The van der Waals surface area contributed by atoms with Crippen LogP contribution >= 0.6 is 0 Å². The highest BCUT2D eigenvalue weighted by molar-refractivity contribution is 5.77. The summed E-state index contributed by atoms with van der Waals surface area (Å²) in [6, 6.07) is 7.70. The number of aromatic nitrogens is 3. The van der Waals surface area contributed by atoms with Crippen molar-refractivity contribution in [1.82, 2.24) is 14.8 Å². The maximum Gasteiger partial charge on any atom is 0.309 e. The van der Waals surface area contributed by atoms with Crippen molar-refractivity contribution in [3.8, 4) is 11.4 Å². The molecule has 0 radical (unpaired) electrons. The highest BCUT2D eigenvalue weighted by Crippen LogP contribution is 2.59. The van der Waals surface area contributed by atoms with E-state index in [2.05, 4.69) is 15.4 Å². The molecule has 0 unspecified atom stereocenters. The van der Waals surface area contributed by atoms with Crippen LogP contribution in [-0.4, -0.2) is 25.8 Å². The Morgan fingerprint density at radius 1 is 1.30 bits per heavy atom. The summed E-state index contributed by atoms with van der Waals surface area (Å²) < 4.78 is 1.78. The highest BCUT2D eigenvalue weighted by Gasteiger charge is 2.59. The molecule has 1 saturated carbocycles. The van der Waals surface area contributed by atoms with Crippen molar-refractivity contribution in [3.05, 3.63) is 40.3 Å². The van der Waals surface area contributed by atoms with Crippen LogP contribution in [0, 0.1) is 23.7 Å². The number of benzene rings is 1. The smallest absolute Gasteiger partial charge is 0.309 e. The number of rotatable bonds is 2. The van der Waals surface area contributed by atoms with Crippen LogP contribution in [0.15, 0.2) is 29.1 Å². The highest BCUT2D eigenvalue weighted by atomic mass is 16.4. The maximum atomic E-state index is 12.2. The van der Waals surface area contributed by atoms with E-state index >= 15 is 0 Å². The zero-order valence-electron chi connectivity index (χ0n) is 16.0. The molecule has 1 aromatic heterocycles. The molecule has 2 heterocycles. The van der Waals surface area contributed by atoms with Gasteiger partial charge in [0.2, 0.25) is 0 Å². The molecule has 2 aromatic rings. The Morgan fingerprint density at radius 2 is 2.00 bits per heavy atom. The number of aliphatic carboxylic acids is 1. The fraction of sp³-hybridized carbons (Fsp3) is 0.500. The molecule has 7 nitrogen and oxygen atoms in total. The minimum Gasteiger partial charge on any atom is -0.481 e. The normalized spacial score (nSPS) is 28.1. The fourth-order valence-corrected chi connectivity index (χ4v) is 4.62. The van der Waals surface area contributed by atoms with E-state index in [4.69, 9.17) is 0 Å². The summed E-state index contributed by atoms with van der Waals surface area (Å²) in [5, 5.41) is 17.9. The summed E-state index contributed by atoms with van der Waals surface area (Å²) in [6.07, 6.45) is 1.09. The monoisotopic (exact) mass is 368 g/mol. The van der Waals surface area contributed by atoms with Gasteiger partial charge in [0.1, 0.15) is 11.9 Å². The van der Waals surface area contributed by atoms with Crippen molar-refractivity contribution < 1.29 is 9.90 Å². The van der Waals surface area contributed by atoms with Crippen LogP contribution in [0.4, 0.5) is 5.69 Å². The van der Waals surface area contributed by atoms with Crippen molar-refractivity contribution in [1.29, 1.82) is 0 Å². The van der Waals surface area contributed by atoms with E-state index in [1.807, 2.05) is 45.0 Å².